The monoisotopic (exact) mass is 396 g/mol. The number of carbonyl (C=O) groups excluding carboxylic acids is 1. The second-order valence-electron chi connectivity index (χ2n) is 6.18. The summed E-state index contributed by atoms with van der Waals surface area (Å²) < 4.78 is 20.2. The molecule has 0 bridgehead atoms. The summed E-state index contributed by atoms with van der Waals surface area (Å²) in [6.45, 7) is 0.296. The van der Waals surface area contributed by atoms with Gasteiger partial charge in [-0.25, -0.2) is 19.3 Å². The maximum atomic E-state index is 14.2. The van der Waals surface area contributed by atoms with Crippen LogP contribution in [0.15, 0.2) is 60.0 Å². The number of nitrogens with zero attached hydrogens (tertiary/aromatic N) is 3. The van der Waals surface area contributed by atoms with Gasteiger partial charge in [0.1, 0.15) is 17.7 Å². The average Bonchev–Trinajstić information content (AvgIpc) is 3.17. The molecule has 1 N–H and O–H groups in total. The second kappa shape index (κ2) is 8.35. The first-order valence-corrected chi connectivity index (χ1v) is 9.75. The van der Waals surface area contributed by atoms with Crippen LogP contribution in [0.4, 0.5) is 4.39 Å². The zero-order valence-electron chi connectivity index (χ0n) is 14.8. The topological polar surface area (TPSA) is 77.0 Å². The van der Waals surface area contributed by atoms with Crippen LogP contribution in [0.1, 0.15) is 5.56 Å². The molecule has 142 valence electrons. The summed E-state index contributed by atoms with van der Waals surface area (Å²) in [6, 6.07) is 10.3. The summed E-state index contributed by atoms with van der Waals surface area (Å²) in [6.07, 6.45) is 4.99. The van der Waals surface area contributed by atoms with E-state index in [2.05, 4.69) is 20.3 Å². The highest BCUT2D eigenvalue weighted by atomic mass is 32.2. The van der Waals surface area contributed by atoms with Crippen molar-refractivity contribution in [3.63, 3.8) is 0 Å². The predicted octanol–water partition coefficient (Wildman–Crippen LogP) is 2.89. The molecule has 0 spiro atoms. The van der Waals surface area contributed by atoms with Crippen LogP contribution in [0.5, 0.6) is 5.75 Å². The smallest absolute Gasteiger partial charge is 0.230 e. The van der Waals surface area contributed by atoms with E-state index in [0.717, 1.165) is 5.03 Å². The number of benzene rings is 1. The van der Waals surface area contributed by atoms with Crippen LogP contribution in [0, 0.1) is 5.82 Å². The quantitative estimate of drug-likeness (QED) is 0.646. The van der Waals surface area contributed by atoms with Crippen LogP contribution in [0.3, 0.4) is 0 Å². The largest absolute Gasteiger partial charge is 0.487 e. The normalized spacial score (nSPS) is 15.0. The summed E-state index contributed by atoms with van der Waals surface area (Å²) in [5.41, 5.74) is 1.14. The summed E-state index contributed by atoms with van der Waals surface area (Å²) in [7, 11) is 0. The highest BCUT2D eigenvalue weighted by Crippen LogP contribution is 2.38. The van der Waals surface area contributed by atoms with Crippen LogP contribution >= 0.6 is 11.8 Å². The van der Waals surface area contributed by atoms with Crippen molar-refractivity contribution in [1.29, 1.82) is 0 Å². The number of hydrogen-bond donors (Lipinski definition) is 1. The third-order valence-electron chi connectivity index (χ3n) is 4.24. The van der Waals surface area contributed by atoms with Gasteiger partial charge >= 0.3 is 0 Å². The molecule has 0 aliphatic carbocycles. The van der Waals surface area contributed by atoms with Crippen molar-refractivity contribution in [2.24, 2.45) is 0 Å². The Kier molecular flexibility index (Phi) is 5.48. The molecule has 1 aliphatic heterocycles. The lowest BCUT2D eigenvalue weighted by atomic mass is 10.0. The Labute approximate surface area is 165 Å². The molecular weight excluding hydrogens is 379 g/mol. The standard InChI is InChI=1S/C20H17FN4O2S/c21-16-6-5-14(20-23-8-3-9-24-20)19-15(16)10-13(27-19)11-25-17(26)12-28-18-4-1-2-7-22-18/h1-9,13H,10-12H2,(H,25,26). The molecule has 8 heteroatoms. The van der Waals surface area contributed by atoms with Crippen LogP contribution in [-0.2, 0) is 11.2 Å². The molecule has 1 aliphatic rings. The van der Waals surface area contributed by atoms with Crippen molar-refractivity contribution >= 4 is 17.7 Å². The minimum atomic E-state index is -0.335. The molecule has 0 radical (unpaired) electrons. The minimum absolute atomic E-state index is 0.123. The van der Waals surface area contributed by atoms with Gasteiger partial charge in [0.15, 0.2) is 5.82 Å². The SMILES string of the molecule is O=C(CSc1ccccn1)NCC1Cc2c(F)ccc(-c3ncccn3)c2O1. The average molecular weight is 396 g/mol. The van der Waals surface area contributed by atoms with Gasteiger partial charge in [-0.05, 0) is 30.3 Å². The molecule has 4 rings (SSSR count). The summed E-state index contributed by atoms with van der Waals surface area (Å²) >= 11 is 1.36. The van der Waals surface area contributed by atoms with E-state index in [1.54, 1.807) is 30.7 Å². The van der Waals surface area contributed by atoms with E-state index in [0.29, 0.717) is 35.7 Å². The summed E-state index contributed by atoms with van der Waals surface area (Å²) in [5, 5.41) is 3.63. The van der Waals surface area contributed by atoms with Gasteiger partial charge < -0.3 is 10.1 Å². The fourth-order valence-electron chi connectivity index (χ4n) is 2.94. The Morgan fingerprint density at radius 2 is 1.96 bits per heavy atom. The zero-order chi connectivity index (χ0) is 19.3. The van der Waals surface area contributed by atoms with E-state index in [4.69, 9.17) is 4.74 Å². The fraction of sp³-hybridized carbons (Fsp3) is 0.200. The lowest BCUT2D eigenvalue weighted by Gasteiger charge is -2.13. The number of thioether (sulfide) groups is 1. The zero-order valence-corrected chi connectivity index (χ0v) is 15.7. The fourth-order valence-corrected chi connectivity index (χ4v) is 3.63. The Balaban J connectivity index is 1.37. The Hall–Kier alpha value is -3.00. The van der Waals surface area contributed by atoms with Crippen molar-refractivity contribution in [2.45, 2.75) is 17.6 Å². The van der Waals surface area contributed by atoms with Gasteiger partial charge in [-0.2, -0.15) is 0 Å². The van der Waals surface area contributed by atoms with Crippen molar-refractivity contribution in [1.82, 2.24) is 20.3 Å². The molecule has 0 saturated carbocycles. The number of pyridine rings is 1. The van der Waals surface area contributed by atoms with Gasteiger partial charge in [0.05, 0.1) is 22.9 Å². The number of ether oxygens (including phenoxy) is 1. The number of fused-ring (bicyclic) bond motifs is 1. The van der Waals surface area contributed by atoms with E-state index in [1.165, 1.54) is 17.8 Å². The third-order valence-corrected chi connectivity index (χ3v) is 5.19. The molecule has 3 aromatic rings. The molecule has 6 nitrogen and oxygen atoms in total. The molecule has 0 saturated heterocycles. The summed E-state index contributed by atoms with van der Waals surface area (Å²) in [5.74, 6) is 0.744. The molecule has 1 aromatic carbocycles. The van der Waals surface area contributed by atoms with E-state index in [1.807, 2.05) is 18.2 Å². The number of aromatic nitrogens is 3. The van der Waals surface area contributed by atoms with Crippen molar-refractivity contribution in [2.75, 3.05) is 12.3 Å². The number of carbonyl (C=O) groups is 1. The minimum Gasteiger partial charge on any atom is -0.487 e. The number of nitrogens with one attached hydrogen (secondary N) is 1. The van der Waals surface area contributed by atoms with Gasteiger partial charge in [0.2, 0.25) is 5.91 Å². The molecule has 3 heterocycles. The Morgan fingerprint density at radius 3 is 2.75 bits per heavy atom. The Bertz CT molecular complexity index is 973. The first-order valence-electron chi connectivity index (χ1n) is 8.76. The van der Waals surface area contributed by atoms with Gasteiger partial charge in [0, 0.05) is 30.6 Å². The van der Waals surface area contributed by atoms with Gasteiger partial charge in [-0.1, -0.05) is 17.8 Å². The van der Waals surface area contributed by atoms with E-state index in [-0.39, 0.29) is 23.6 Å². The van der Waals surface area contributed by atoms with E-state index >= 15 is 0 Å². The van der Waals surface area contributed by atoms with Crippen LogP contribution in [0.2, 0.25) is 0 Å². The maximum Gasteiger partial charge on any atom is 0.230 e. The lowest BCUT2D eigenvalue weighted by molar-refractivity contribution is -0.118. The first-order chi connectivity index (χ1) is 13.7. The molecule has 1 amide bonds. The van der Waals surface area contributed by atoms with Crippen molar-refractivity contribution in [3.8, 4) is 17.1 Å². The second-order valence-corrected chi connectivity index (χ2v) is 7.18. The van der Waals surface area contributed by atoms with Crippen LogP contribution < -0.4 is 10.1 Å². The van der Waals surface area contributed by atoms with Crippen LogP contribution in [0.25, 0.3) is 11.4 Å². The van der Waals surface area contributed by atoms with Crippen LogP contribution in [-0.4, -0.2) is 39.3 Å². The van der Waals surface area contributed by atoms with E-state index in [9.17, 15) is 9.18 Å². The predicted molar refractivity (Wildman–Crippen MR) is 104 cm³/mol. The highest BCUT2D eigenvalue weighted by molar-refractivity contribution is 7.99. The number of hydrogen-bond acceptors (Lipinski definition) is 6. The van der Waals surface area contributed by atoms with E-state index < -0.39 is 0 Å². The molecule has 0 fully saturated rings. The lowest BCUT2D eigenvalue weighted by Crippen LogP contribution is -2.35. The number of rotatable bonds is 6. The number of halogens is 1. The van der Waals surface area contributed by atoms with Gasteiger partial charge in [0.25, 0.3) is 0 Å². The molecular formula is C20H17FN4O2S. The van der Waals surface area contributed by atoms with Gasteiger partial charge in [-0.3, -0.25) is 4.79 Å². The molecule has 2 aromatic heterocycles. The molecule has 28 heavy (non-hydrogen) atoms. The Morgan fingerprint density at radius 1 is 1.14 bits per heavy atom. The first kappa shape index (κ1) is 18.4. The summed E-state index contributed by atoms with van der Waals surface area (Å²) in [4.78, 5) is 24.7. The maximum absolute atomic E-state index is 14.2. The number of amides is 1. The third kappa shape index (κ3) is 4.12. The van der Waals surface area contributed by atoms with Gasteiger partial charge in [-0.15, -0.1) is 0 Å². The van der Waals surface area contributed by atoms with Crippen molar-refractivity contribution < 1.29 is 13.9 Å². The molecule has 1 unspecified atom stereocenters. The molecule has 1 atom stereocenters. The van der Waals surface area contributed by atoms with Crippen molar-refractivity contribution in [3.05, 3.63) is 66.4 Å². The highest BCUT2D eigenvalue weighted by Gasteiger charge is 2.29.